The molecule has 136 valence electrons. The molecule has 1 aliphatic rings. The molecule has 0 saturated carbocycles. The highest BCUT2D eigenvalue weighted by Gasteiger charge is 2.18. The molecule has 0 spiro atoms. The Bertz CT molecular complexity index is 823. The molecule has 1 aliphatic heterocycles. The van der Waals surface area contributed by atoms with E-state index < -0.39 is 5.97 Å². The van der Waals surface area contributed by atoms with Crippen LogP contribution in [0.25, 0.3) is 0 Å². The maximum atomic E-state index is 12.2. The topological polar surface area (TPSA) is 73.9 Å². The van der Waals surface area contributed by atoms with Gasteiger partial charge in [0.2, 0.25) is 6.79 Å². The van der Waals surface area contributed by atoms with Crippen LogP contribution in [0.2, 0.25) is 0 Å². The quantitative estimate of drug-likeness (QED) is 0.619. The largest absolute Gasteiger partial charge is 0.454 e. The number of esters is 1. The van der Waals surface area contributed by atoms with Gasteiger partial charge in [-0.1, -0.05) is 18.2 Å². The van der Waals surface area contributed by atoms with Crippen LogP contribution in [0.15, 0.2) is 47.4 Å². The summed E-state index contributed by atoms with van der Waals surface area (Å²) in [5, 5.41) is 2.81. The lowest BCUT2D eigenvalue weighted by Gasteiger charge is -2.15. The number of carbonyl (C=O) groups excluding carboxylic acids is 2. The van der Waals surface area contributed by atoms with Crippen LogP contribution in [0.1, 0.15) is 28.9 Å². The van der Waals surface area contributed by atoms with Crippen LogP contribution < -0.4 is 14.8 Å². The Morgan fingerprint density at radius 3 is 2.77 bits per heavy atom. The molecule has 6 nitrogen and oxygen atoms in total. The van der Waals surface area contributed by atoms with Gasteiger partial charge >= 0.3 is 5.97 Å². The number of hydrogen-bond donors (Lipinski definition) is 1. The van der Waals surface area contributed by atoms with E-state index in [9.17, 15) is 9.59 Å². The molecule has 2 aromatic rings. The van der Waals surface area contributed by atoms with Gasteiger partial charge < -0.3 is 19.5 Å². The van der Waals surface area contributed by atoms with Crippen molar-refractivity contribution in [1.82, 2.24) is 5.32 Å². The average Bonchev–Trinajstić information content (AvgIpc) is 3.13. The highest BCUT2D eigenvalue weighted by molar-refractivity contribution is 7.98. The molecule has 0 saturated heterocycles. The second-order valence-electron chi connectivity index (χ2n) is 5.68. The van der Waals surface area contributed by atoms with E-state index in [0.717, 1.165) is 10.5 Å². The third-order valence-corrected chi connectivity index (χ3v) is 4.73. The lowest BCUT2D eigenvalue weighted by atomic mass is 10.1. The Kier molecular flexibility index (Phi) is 5.68. The van der Waals surface area contributed by atoms with Crippen LogP contribution in [0.3, 0.4) is 0 Å². The molecule has 0 unspecified atom stereocenters. The Morgan fingerprint density at radius 1 is 1.19 bits per heavy atom. The smallest absolute Gasteiger partial charge is 0.339 e. The summed E-state index contributed by atoms with van der Waals surface area (Å²) in [6.45, 7) is 1.71. The number of thioether (sulfide) groups is 1. The fourth-order valence-electron chi connectivity index (χ4n) is 2.57. The SMILES string of the molecule is CSc1ccccc1C(=O)OCC(=O)N[C@@H](C)c1ccc2c(c1)OCO2. The summed E-state index contributed by atoms with van der Waals surface area (Å²) in [5.74, 6) is 0.461. The number of fused-ring (bicyclic) bond motifs is 1. The van der Waals surface area contributed by atoms with Crippen molar-refractivity contribution in [2.24, 2.45) is 0 Å². The van der Waals surface area contributed by atoms with Crippen molar-refractivity contribution in [3.8, 4) is 11.5 Å². The first kappa shape index (κ1) is 18.1. The minimum absolute atomic E-state index is 0.201. The maximum Gasteiger partial charge on any atom is 0.339 e. The molecule has 1 N–H and O–H groups in total. The molecule has 1 amide bonds. The second kappa shape index (κ2) is 8.14. The number of ether oxygens (including phenoxy) is 3. The summed E-state index contributed by atoms with van der Waals surface area (Å²) in [6, 6.07) is 12.4. The van der Waals surface area contributed by atoms with Crippen molar-refractivity contribution in [2.45, 2.75) is 17.9 Å². The zero-order valence-corrected chi connectivity index (χ0v) is 15.3. The molecule has 7 heteroatoms. The lowest BCUT2D eigenvalue weighted by Crippen LogP contribution is -2.31. The predicted octanol–water partition coefficient (Wildman–Crippen LogP) is 3.17. The van der Waals surface area contributed by atoms with Crippen LogP contribution in [0.4, 0.5) is 0 Å². The normalized spacial score (nSPS) is 13.2. The minimum atomic E-state index is -0.513. The van der Waals surface area contributed by atoms with Gasteiger partial charge in [0.25, 0.3) is 5.91 Å². The average molecular weight is 373 g/mol. The zero-order chi connectivity index (χ0) is 18.5. The minimum Gasteiger partial charge on any atom is -0.454 e. The monoisotopic (exact) mass is 373 g/mol. The highest BCUT2D eigenvalue weighted by Crippen LogP contribution is 2.34. The highest BCUT2D eigenvalue weighted by atomic mass is 32.2. The van der Waals surface area contributed by atoms with E-state index in [0.29, 0.717) is 17.1 Å². The third kappa shape index (κ3) is 4.11. The Labute approximate surface area is 155 Å². The number of nitrogens with one attached hydrogen (secondary N) is 1. The fraction of sp³-hybridized carbons (Fsp3) is 0.263. The molecular weight excluding hydrogens is 354 g/mol. The van der Waals surface area contributed by atoms with Gasteiger partial charge in [0.05, 0.1) is 11.6 Å². The number of benzene rings is 2. The summed E-state index contributed by atoms with van der Waals surface area (Å²) in [4.78, 5) is 25.1. The van der Waals surface area contributed by atoms with Crippen LogP contribution >= 0.6 is 11.8 Å². The molecule has 0 radical (unpaired) electrons. The van der Waals surface area contributed by atoms with E-state index in [1.165, 1.54) is 11.8 Å². The van der Waals surface area contributed by atoms with Crippen LogP contribution in [-0.2, 0) is 9.53 Å². The van der Waals surface area contributed by atoms with E-state index >= 15 is 0 Å². The van der Waals surface area contributed by atoms with Gasteiger partial charge in [-0.15, -0.1) is 11.8 Å². The Hall–Kier alpha value is -2.67. The van der Waals surface area contributed by atoms with Crippen molar-refractivity contribution in [3.05, 3.63) is 53.6 Å². The summed E-state index contributed by atoms with van der Waals surface area (Å²) < 4.78 is 15.7. The molecule has 0 aromatic heterocycles. The van der Waals surface area contributed by atoms with Crippen molar-refractivity contribution >= 4 is 23.6 Å². The second-order valence-corrected chi connectivity index (χ2v) is 6.53. The molecule has 3 rings (SSSR count). The molecule has 0 bridgehead atoms. The van der Waals surface area contributed by atoms with Crippen LogP contribution in [0, 0.1) is 0 Å². The summed E-state index contributed by atoms with van der Waals surface area (Å²) in [5.41, 5.74) is 1.33. The maximum absolute atomic E-state index is 12.2. The van der Waals surface area contributed by atoms with E-state index in [1.54, 1.807) is 18.2 Å². The van der Waals surface area contributed by atoms with Crippen molar-refractivity contribution in [3.63, 3.8) is 0 Å². The predicted molar refractivity (Wildman–Crippen MR) is 97.6 cm³/mol. The van der Waals surface area contributed by atoms with E-state index in [2.05, 4.69) is 5.32 Å². The first-order valence-electron chi connectivity index (χ1n) is 8.07. The first-order valence-corrected chi connectivity index (χ1v) is 9.30. The fourth-order valence-corrected chi connectivity index (χ4v) is 3.16. The summed E-state index contributed by atoms with van der Waals surface area (Å²) in [7, 11) is 0. The molecular formula is C19H19NO5S. The van der Waals surface area contributed by atoms with Crippen LogP contribution in [-0.4, -0.2) is 31.5 Å². The third-order valence-electron chi connectivity index (χ3n) is 3.94. The number of hydrogen-bond acceptors (Lipinski definition) is 6. The van der Waals surface area contributed by atoms with Gasteiger partial charge in [-0.05, 0) is 43.0 Å². The van der Waals surface area contributed by atoms with Gasteiger partial charge in [0, 0.05) is 4.90 Å². The van der Waals surface area contributed by atoms with E-state index in [4.69, 9.17) is 14.2 Å². The van der Waals surface area contributed by atoms with Crippen LogP contribution in [0.5, 0.6) is 11.5 Å². The number of amides is 1. The van der Waals surface area contributed by atoms with Crippen molar-refractivity contribution < 1.29 is 23.8 Å². The number of rotatable bonds is 6. The summed E-state index contributed by atoms with van der Waals surface area (Å²) in [6.07, 6.45) is 1.88. The van der Waals surface area contributed by atoms with Gasteiger partial charge in [0.15, 0.2) is 18.1 Å². The lowest BCUT2D eigenvalue weighted by molar-refractivity contribution is -0.124. The molecule has 26 heavy (non-hydrogen) atoms. The van der Waals surface area contributed by atoms with E-state index in [1.807, 2.05) is 37.4 Å². The van der Waals surface area contributed by atoms with Gasteiger partial charge in [-0.3, -0.25) is 4.79 Å². The van der Waals surface area contributed by atoms with Gasteiger partial charge in [-0.25, -0.2) is 4.79 Å². The van der Waals surface area contributed by atoms with E-state index in [-0.39, 0.29) is 25.3 Å². The molecule has 1 heterocycles. The molecule has 0 fully saturated rings. The van der Waals surface area contributed by atoms with Gasteiger partial charge in [0.1, 0.15) is 0 Å². The zero-order valence-electron chi connectivity index (χ0n) is 14.5. The standard InChI is InChI=1S/C19H19NO5S/c1-12(13-7-8-15-16(9-13)25-11-24-15)20-18(21)10-23-19(22)14-5-3-4-6-17(14)26-2/h3-9,12H,10-11H2,1-2H3,(H,20,21)/t12-/m0/s1. The van der Waals surface area contributed by atoms with Crippen molar-refractivity contribution in [1.29, 1.82) is 0 Å². The Morgan fingerprint density at radius 2 is 1.96 bits per heavy atom. The van der Waals surface area contributed by atoms with Gasteiger partial charge in [-0.2, -0.15) is 0 Å². The molecule has 0 aliphatic carbocycles. The Balaban J connectivity index is 1.54. The molecule has 2 aromatic carbocycles. The van der Waals surface area contributed by atoms with Crippen molar-refractivity contribution in [2.75, 3.05) is 19.7 Å². The number of carbonyl (C=O) groups is 2. The summed E-state index contributed by atoms with van der Waals surface area (Å²) >= 11 is 1.45. The first-order chi connectivity index (χ1) is 12.6. The molecule has 1 atom stereocenters.